The van der Waals surface area contributed by atoms with E-state index in [1.165, 1.54) is 12.8 Å². The monoisotopic (exact) mass is 165 g/mol. The Labute approximate surface area is 75.8 Å². The van der Waals surface area contributed by atoms with Crippen LogP contribution < -0.4 is 0 Å². The highest BCUT2D eigenvalue weighted by Crippen LogP contribution is 2.25. The quantitative estimate of drug-likeness (QED) is 0.569. The molecule has 0 aromatic heterocycles. The van der Waals surface area contributed by atoms with Crippen molar-refractivity contribution in [2.45, 2.75) is 32.7 Å². The van der Waals surface area contributed by atoms with E-state index in [-0.39, 0.29) is 0 Å². The van der Waals surface area contributed by atoms with Gasteiger partial charge in [-0.3, -0.25) is 0 Å². The van der Waals surface area contributed by atoms with Crippen LogP contribution in [0.25, 0.3) is 0 Å². The molecule has 68 valence electrons. The largest absolute Gasteiger partial charge is 0.369 e. The van der Waals surface area contributed by atoms with Gasteiger partial charge in [0.2, 0.25) is 0 Å². The molecule has 1 aliphatic rings. The van der Waals surface area contributed by atoms with Gasteiger partial charge in [0.25, 0.3) is 0 Å². The van der Waals surface area contributed by atoms with Crippen LogP contribution in [0.1, 0.15) is 26.7 Å². The number of piperidine rings is 1. The van der Waals surface area contributed by atoms with Crippen molar-refractivity contribution >= 4 is 0 Å². The van der Waals surface area contributed by atoms with E-state index in [2.05, 4.69) is 31.9 Å². The van der Waals surface area contributed by atoms with Gasteiger partial charge in [-0.05, 0) is 31.8 Å². The first-order valence-electron chi connectivity index (χ1n) is 4.74. The molecule has 0 amide bonds. The Morgan fingerprint density at radius 2 is 2.17 bits per heavy atom. The molecule has 2 unspecified atom stereocenters. The van der Waals surface area contributed by atoms with Crippen molar-refractivity contribution in [3.8, 4) is 0 Å². The van der Waals surface area contributed by atoms with Crippen LogP contribution in [0.5, 0.6) is 0 Å². The highest BCUT2D eigenvalue weighted by Gasteiger charge is 2.24. The molecule has 0 aliphatic carbocycles. The summed E-state index contributed by atoms with van der Waals surface area (Å²) in [5.41, 5.74) is 1.08. The summed E-state index contributed by atoms with van der Waals surface area (Å²) >= 11 is 0. The molecule has 1 rings (SSSR count). The lowest BCUT2D eigenvalue weighted by Crippen LogP contribution is -2.40. The molecular formula is C11H19N. The highest BCUT2D eigenvalue weighted by molar-refractivity contribution is 5.11. The van der Waals surface area contributed by atoms with Crippen molar-refractivity contribution in [3.05, 3.63) is 24.9 Å². The number of allylic oxidation sites excluding steroid dienone is 1. The van der Waals surface area contributed by atoms with Crippen LogP contribution in [0.2, 0.25) is 0 Å². The summed E-state index contributed by atoms with van der Waals surface area (Å²) in [6, 6.07) is 0.629. The smallest absolute Gasteiger partial charge is 0.0289 e. The minimum absolute atomic E-state index is 0.629. The van der Waals surface area contributed by atoms with Crippen LogP contribution in [0.15, 0.2) is 24.9 Å². The zero-order valence-electron chi connectivity index (χ0n) is 8.21. The first kappa shape index (κ1) is 9.37. The summed E-state index contributed by atoms with van der Waals surface area (Å²) in [4.78, 5) is 2.36. The summed E-state index contributed by atoms with van der Waals surface area (Å²) in [5.74, 6) is 0.787. The zero-order valence-corrected chi connectivity index (χ0v) is 8.21. The molecule has 1 saturated heterocycles. The second-order valence-corrected chi connectivity index (χ2v) is 3.75. The third-order valence-corrected chi connectivity index (χ3v) is 2.98. The van der Waals surface area contributed by atoms with Gasteiger partial charge in [0.1, 0.15) is 0 Å². The molecule has 0 aromatic rings. The number of likely N-dealkylation sites (tertiary alicyclic amines) is 1. The fraction of sp³-hybridized carbons (Fsp3) is 0.636. The fourth-order valence-corrected chi connectivity index (χ4v) is 1.86. The molecule has 1 nitrogen and oxygen atoms in total. The standard InChI is InChI=1S/C11H19N/c1-5-10(3)12-8-6-7-9(2)11(12)4/h5,9,11H,1,3,6-8H2,2,4H3. The van der Waals surface area contributed by atoms with E-state index in [1.807, 2.05) is 6.08 Å². The average Bonchev–Trinajstić information content (AvgIpc) is 2.08. The maximum absolute atomic E-state index is 3.99. The lowest BCUT2D eigenvalue weighted by Gasteiger charge is -2.39. The molecule has 2 atom stereocenters. The van der Waals surface area contributed by atoms with E-state index in [0.29, 0.717) is 6.04 Å². The lowest BCUT2D eigenvalue weighted by molar-refractivity contribution is 0.158. The summed E-state index contributed by atoms with van der Waals surface area (Å²) in [6.45, 7) is 13.5. The normalized spacial score (nSPS) is 30.0. The van der Waals surface area contributed by atoms with E-state index >= 15 is 0 Å². The van der Waals surface area contributed by atoms with Gasteiger partial charge in [-0.15, -0.1) is 0 Å². The van der Waals surface area contributed by atoms with Crippen LogP contribution in [-0.2, 0) is 0 Å². The van der Waals surface area contributed by atoms with Crippen LogP contribution in [0.3, 0.4) is 0 Å². The van der Waals surface area contributed by atoms with Gasteiger partial charge in [0.15, 0.2) is 0 Å². The van der Waals surface area contributed by atoms with Gasteiger partial charge in [-0.25, -0.2) is 0 Å². The number of nitrogens with zero attached hydrogens (tertiary/aromatic N) is 1. The topological polar surface area (TPSA) is 3.24 Å². The molecule has 0 bridgehead atoms. The second kappa shape index (κ2) is 3.79. The molecule has 1 fully saturated rings. The second-order valence-electron chi connectivity index (χ2n) is 3.75. The van der Waals surface area contributed by atoms with Crippen molar-refractivity contribution in [3.63, 3.8) is 0 Å². The molecule has 1 heteroatoms. The zero-order chi connectivity index (χ0) is 9.14. The molecule has 0 saturated carbocycles. The Kier molecular flexibility index (Phi) is 2.96. The van der Waals surface area contributed by atoms with Gasteiger partial charge in [0.05, 0.1) is 0 Å². The lowest BCUT2D eigenvalue weighted by atomic mass is 9.92. The van der Waals surface area contributed by atoms with Gasteiger partial charge in [-0.1, -0.05) is 20.1 Å². The molecule has 1 heterocycles. The maximum atomic E-state index is 3.99. The fourth-order valence-electron chi connectivity index (χ4n) is 1.86. The molecule has 0 spiro atoms. The van der Waals surface area contributed by atoms with E-state index in [4.69, 9.17) is 0 Å². The van der Waals surface area contributed by atoms with E-state index in [9.17, 15) is 0 Å². The van der Waals surface area contributed by atoms with Crippen LogP contribution in [0, 0.1) is 5.92 Å². The average molecular weight is 165 g/mol. The third kappa shape index (κ3) is 1.71. The van der Waals surface area contributed by atoms with E-state index < -0.39 is 0 Å². The summed E-state index contributed by atoms with van der Waals surface area (Å²) in [5, 5.41) is 0. The molecule has 0 radical (unpaired) electrons. The van der Waals surface area contributed by atoms with Gasteiger partial charge in [-0.2, -0.15) is 0 Å². The maximum Gasteiger partial charge on any atom is 0.0289 e. The first-order chi connectivity index (χ1) is 5.66. The Morgan fingerprint density at radius 3 is 2.75 bits per heavy atom. The predicted molar refractivity (Wildman–Crippen MR) is 53.9 cm³/mol. The number of hydrogen-bond acceptors (Lipinski definition) is 1. The van der Waals surface area contributed by atoms with Crippen molar-refractivity contribution in [2.75, 3.05) is 6.54 Å². The Balaban J connectivity index is 2.63. The van der Waals surface area contributed by atoms with Crippen molar-refractivity contribution in [1.82, 2.24) is 4.90 Å². The van der Waals surface area contributed by atoms with Crippen LogP contribution in [0.4, 0.5) is 0 Å². The molecule has 12 heavy (non-hydrogen) atoms. The first-order valence-corrected chi connectivity index (χ1v) is 4.74. The molecule has 0 aromatic carbocycles. The minimum Gasteiger partial charge on any atom is -0.369 e. The Hall–Kier alpha value is -0.720. The summed E-state index contributed by atoms with van der Waals surface area (Å²) in [7, 11) is 0. The third-order valence-electron chi connectivity index (χ3n) is 2.98. The SMILES string of the molecule is C=CC(=C)N1CCCC(C)C1C. The van der Waals surface area contributed by atoms with Gasteiger partial charge >= 0.3 is 0 Å². The van der Waals surface area contributed by atoms with E-state index in [1.54, 1.807) is 0 Å². The highest BCUT2D eigenvalue weighted by atomic mass is 15.2. The summed E-state index contributed by atoms with van der Waals surface area (Å²) < 4.78 is 0. The van der Waals surface area contributed by atoms with Gasteiger partial charge < -0.3 is 4.90 Å². The van der Waals surface area contributed by atoms with Gasteiger partial charge in [0, 0.05) is 18.3 Å². The van der Waals surface area contributed by atoms with Crippen LogP contribution >= 0.6 is 0 Å². The predicted octanol–water partition coefficient (Wildman–Crippen LogP) is 2.81. The van der Waals surface area contributed by atoms with E-state index in [0.717, 1.165) is 18.2 Å². The van der Waals surface area contributed by atoms with Crippen molar-refractivity contribution in [1.29, 1.82) is 0 Å². The number of rotatable bonds is 2. The van der Waals surface area contributed by atoms with Crippen molar-refractivity contribution < 1.29 is 0 Å². The Morgan fingerprint density at radius 1 is 1.50 bits per heavy atom. The molecule has 1 aliphatic heterocycles. The number of hydrogen-bond donors (Lipinski definition) is 0. The molecular weight excluding hydrogens is 146 g/mol. The van der Waals surface area contributed by atoms with Crippen molar-refractivity contribution in [2.24, 2.45) is 5.92 Å². The Bertz CT molecular complexity index is 183. The molecule has 0 N–H and O–H groups in total. The van der Waals surface area contributed by atoms with Crippen LogP contribution in [-0.4, -0.2) is 17.5 Å². The minimum atomic E-state index is 0.629. The summed E-state index contributed by atoms with van der Waals surface area (Å²) in [6.07, 6.45) is 4.50.